The molecule has 1 aromatic heterocycles. The molecule has 1 unspecified atom stereocenters. The zero-order valence-corrected chi connectivity index (χ0v) is 32.3. The fourth-order valence-electron chi connectivity index (χ4n) is 5.86. The second-order valence-corrected chi connectivity index (χ2v) is 15.1. The van der Waals surface area contributed by atoms with Crippen LogP contribution in [0.2, 0.25) is 0 Å². The first-order chi connectivity index (χ1) is 26.4. The number of nitrogens with zero attached hydrogens (tertiary/aromatic N) is 2. The van der Waals surface area contributed by atoms with Crippen LogP contribution in [-0.2, 0) is 35.3 Å². The highest BCUT2D eigenvalue weighted by Crippen LogP contribution is 2.41. The summed E-state index contributed by atoms with van der Waals surface area (Å²) in [6.07, 6.45) is 1.70. The number of rotatable bonds is 22. The molecule has 56 heavy (non-hydrogen) atoms. The van der Waals surface area contributed by atoms with Crippen LogP contribution >= 0.6 is 11.8 Å². The van der Waals surface area contributed by atoms with Gasteiger partial charge in [-0.25, -0.2) is 8.78 Å². The minimum atomic E-state index is -1.56. The van der Waals surface area contributed by atoms with Gasteiger partial charge in [-0.2, -0.15) is 0 Å². The van der Waals surface area contributed by atoms with Crippen LogP contribution in [0.5, 0.6) is 0 Å². The lowest BCUT2D eigenvalue weighted by Crippen LogP contribution is -2.48. The highest BCUT2D eigenvalue weighted by molar-refractivity contribution is 8.01. The highest BCUT2D eigenvalue weighted by atomic mass is 32.2. The van der Waals surface area contributed by atoms with Gasteiger partial charge in [0.2, 0.25) is 17.7 Å². The number of hydrogen-bond donors (Lipinski definition) is 7. The molecule has 15 nitrogen and oxygen atoms in total. The van der Waals surface area contributed by atoms with Crippen molar-refractivity contribution in [1.29, 1.82) is 0 Å². The molecule has 9 N–H and O–H groups in total. The summed E-state index contributed by atoms with van der Waals surface area (Å²) in [6.45, 7) is 5.15. The van der Waals surface area contributed by atoms with Crippen molar-refractivity contribution in [1.82, 2.24) is 20.1 Å². The van der Waals surface area contributed by atoms with E-state index in [1.807, 2.05) is 55.7 Å². The quantitative estimate of drug-likeness (QED) is 0.0570. The van der Waals surface area contributed by atoms with E-state index < -0.39 is 76.7 Å². The van der Waals surface area contributed by atoms with Crippen molar-refractivity contribution < 1.29 is 52.8 Å². The molecule has 0 saturated carbocycles. The number of nitrogens with one attached hydrogen (secondary N) is 2. The van der Waals surface area contributed by atoms with E-state index in [4.69, 9.17) is 21.3 Å². The minimum absolute atomic E-state index is 0.00193. The Balaban J connectivity index is 1.65. The number of aliphatic hydroxyl groups is 1. The first-order valence-electron chi connectivity index (χ1n) is 17.8. The maximum absolute atomic E-state index is 15.0. The number of nitrogens with two attached hydrogens (primary N) is 2. The van der Waals surface area contributed by atoms with Crippen molar-refractivity contribution >= 4 is 41.4 Å². The summed E-state index contributed by atoms with van der Waals surface area (Å²) < 4.78 is 36.6. The molecule has 0 aliphatic carbocycles. The highest BCUT2D eigenvalue weighted by Gasteiger charge is 2.37. The van der Waals surface area contributed by atoms with Crippen molar-refractivity contribution in [3.05, 3.63) is 83.7 Å². The number of aromatic nitrogens is 1. The smallest absolute Gasteiger partial charge is 0.326 e. The summed E-state index contributed by atoms with van der Waals surface area (Å²) >= 11 is 0.587. The van der Waals surface area contributed by atoms with E-state index in [9.17, 15) is 38.6 Å². The van der Waals surface area contributed by atoms with Crippen LogP contribution in [0.4, 0.5) is 8.78 Å². The van der Waals surface area contributed by atoms with Crippen molar-refractivity contribution in [2.75, 3.05) is 45.2 Å². The third-order valence-electron chi connectivity index (χ3n) is 8.56. The topological polar surface area (TPSA) is 240 Å². The van der Waals surface area contributed by atoms with Crippen LogP contribution in [0.1, 0.15) is 44.5 Å². The van der Waals surface area contributed by atoms with Gasteiger partial charge >= 0.3 is 11.9 Å². The van der Waals surface area contributed by atoms with Crippen LogP contribution < -0.4 is 22.1 Å². The van der Waals surface area contributed by atoms with Gasteiger partial charge in [0.1, 0.15) is 24.3 Å². The van der Waals surface area contributed by atoms with Crippen LogP contribution in [0.3, 0.4) is 0 Å². The second-order valence-electron chi connectivity index (χ2n) is 14.0. The van der Waals surface area contributed by atoms with Gasteiger partial charge in [0.25, 0.3) is 0 Å². The van der Waals surface area contributed by atoms with Gasteiger partial charge in [-0.15, -0.1) is 11.8 Å². The number of aliphatic carboxylic acids is 2. The maximum Gasteiger partial charge on any atom is 0.326 e. The minimum Gasteiger partial charge on any atom is -0.480 e. The number of carboxylic acid groups (broad SMARTS) is 2. The molecule has 0 fully saturated rings. The summed E-state index contributed by atoms with van der Waals surface area (Å²) in [5.74, 6) is -6.31. The van der Waals surface area contributed by atoms with Crippen molar-refractivity contribution in [3.63, 3.8) is 0 Å². The molecule has 1 heterocycles. The van der Waals surface area contributed by atoms with E-state index in [0.29, 0.717) is 29.6 Å². The Morgan fingerprint density at radius 2 is 1.55 bits per heavy atom. The van der Waals surface area contributed by atoms with E-state index in [2.05, 4.69) is 10.6 Å². The molecule has 306 valence electrons. The third kappa shape index (κ3) is 13.4. The number of thioether (sulfide) groups is 1. The first kappa shape index (κ1) is 45.5. The standard InChI is InChI=1S/C38H50F2N6O9S/c1-38(2,3)33(30-17-24(26-18-25(39)9-10-27(26)40)20-45(30)19-23-7-5-4-6-8-23)46(31(48)21-47)14-11-28(41)34(49)43-12-15-55-16-13-44-35(50)32(37(53)54)56-22-29(42)36(51)52/h4-10,17-18,20,28-29,32-33,47H,11-16,19,21-22,41-42H2,1-3H3,(H,43,49)(H,44,50)(H,51,52)(H,53,54)/t28-,29-,32?,33-/m0/s1. The number of carboxylic acids is 2. The fourth-order valence-corrected chi connectivity index (χ4v) is 6.78. The molecule has 4 atom stereocenters. The molecule has 0 aliphatic rings. The average Bonchev–Trinajstić information content (AvgIpc) is 3.54. The number of benzene rings is 2. The van der Waals surface area contributed by atoms with E-state index in [1.165, 1.54) is 4.90 Å². The Hall–Kier alpha value is -4.88. The van der Waals surface area contributed by atoms with Gasteiger partial charge < -0.3 is 51.6 Å². The maximum atomic E-state index is 15.0. The van der Waals surface area contributed by atoms with Crippen LogP contribution in [0, 0.1) is 17.0 Å². The predicted molar refractivity (Wildman–Crippen MR) is 205 cm³/mol. The van der Waals surface area contributed by atoms with Gasteiger partial charge in [0, 0.05) is 54.9 Å². The Morgan fingerprint density at radius 1 is 0.911 bits per heavy atom. The van der Waals surface area contributed by atoms with Gasteiger partial charge in [0.05, 0.1) is 25.3 Å². The fraction of sp³-hybridized carbons (Fsp3) is 0.447. The van der Waals surface area contributed by atoms with E-state index in [-0.39, 0.29) is 50.6 Å². The van der Waals surface area contributed by atoms with Crippen LogP contribution in [-0.4, -0.2) is 117 Å². The third-order valence-corrected chi connectivity index (χ3v) is 9.86. The van der Waals surface area contributed by atoms with Crippen LogP contribution in [0.25, 0.3) is 11.1 Å². The number of hydrogen-bond acceptors (Lipinski definition) is 10. The molecular weight excluding hydrogens is 755 g/mol. The van der Waals surface area contributed by atoms with E-state index in [0.717, 1.165) is 23.8 Å². The summed E-state index contributed by atoms with van der Waals surface area (Å²) in [4.78, 5) is 62.3. The Labute approximate surface area is 327 Å². The first-order valence-corrected chi connectivity index (χ1v) is 18.8. The normalized spacial score (nSPS) is 13.6. The van der Waals surface area contributed by atoms with Gasteiger partial charge in [0.15, 0.2) is 5.25 Å². The number of aliphatic hydroxyl groups excluding tert-OH is 1. The molecule has 0 saturated heterocycles. The van der Waals surface area contributed by atoms with Crippen molar-refractivity contribution in [2.45, 2.75) is 57.1 Å². The van der Waals surface area contributed by atoms with Crippen LogP contribution in [0.15, 0.2) is 60.8 Å². The molecular formula is C38H50F2N6O9S. The number of carbonyl (C=O) groups is 5. The Kier molecular flexibility index (Phi) is 17.4. The number of carbonyl (C=O) groups excluding carboxylic acids is 3. The summed E-state index contributed by atoms with van der Waals surface area (Å²) in [5, 5.41) is 31.7. The van der Waals surface area contributed by atoms with E-state index >= 15 is 4.39 Å². The summed E-state index contributed by atoms with van der Waals surface area (Å²) in [5.41, 5.74) is 12.9. The number of ether oxygens (including phenoxy) is 1. The SMILES string of the molecule is CC(C)(C)[C@H](c1cc(-c2cc(F)ccc2F)cn1Cc1ccccc1)N(CC[C@H](N)C(=O)NCCOCCNC(=O)C(SC[C@H](N)C(=O)O)C(=O)O)C(=O)CO. The number of amides is 3. The summed E-state index contributed by atoms with van der Waals surface area (Å²) in [7, 11) is 0. The lowest BCUT2D eigenvalue weighted by molar-refractivity contribution is -0.141. The molecule has 0 aliphatic heterocycles. The largest absolute Gasteiger partial charge is 0.480 e. The van der Waals surface area contributed by atoms with Gasteiger partial charge in [-0.3, -0.25) is 24.0 Å². The molecule has 0 radical (unpaired) electrons. The van der Waals surface area contributed by atoms with Gasteiger partial charge in [-0.05, 0) is 41.7 Å². The van der Waals surface area contributed by atoms with Gasteiger partial charge in [-0.1, -0.05) is 51.1 Å². The molecule has 3 aromatic rings. The Morgan fingerprint density at radius 3 is 2.14 bits per heavy atom. The lowest BCUT2D eigenvalue weighted by atomic mass is 9.82. The molecule has 0 bridgehead atoms. The molecule has 3 amide bonds. The predicted octanol–water partition coefficient (Wildman–Crippen LogP) is 1.95. The summed E-state index contributed by atoms with van der Waals surface area (Å²) in [6, 6.07) is 11.2. The van der Waals surface area contributed by atoms with Crippen molar-refractivity contribution in [3.8, 4) is 11.1 Å². The number of halogens is 2. The second kappa shape index (κ2) is 21.4. The molecule has 0 spiro atoms. The average molecular weight is 805 g/mol. The molecule has 18 heteroatoms. The lowest BCUT2D eigenvalue weighted by Gasteiger charge is -2.41. The monoisotopic (exact) mass is 804 g/mol. The Bertz CT molecular complexity index is 1810. The van der Waals surface area contributed by atoms with E-state index in [1.54, 1.807) is 12.3 Å². The zero-order chi connectivity index (χ0) is 41.6. The zero-order valence-electron chi connectivity index (χ0n) is 31.5. The molecule has 2 aromatic carbocycles. The molecule has 3 rings (SSSR count). The van der Waals surface area contributed by atoms with Crippen molar-refractivity contribution in [2.24, 2.45) is 16.9 Å².